The fourth-order valence-corrected chi connectivity index (χ4v) is 8.74. The van der Waals surface area contributed by atoms with E-state index in [0.29, 0.717) is 5.92 Å². The highest BCUT2D eigenvalue weighted by atomic mass is 16.3. The Labute approximate surface area is 342 Å². The van der Waals surface area contributed by atoms with Crippen molar-refractivity contribution in [3.05, 3.63) is 192 Å². The van der Waals surface area contributed by atoms with E-state index in [2.05, 4.69) is 172 Å². The van der Waals surface area contributed by atoms with Crippen molar-refractivity contribution >= 4 is 72.2 Å². The van der Waals surface area contributed by atoms with Gasteiger partial charge in [0.15, 0.2) is 0 Å². The second-order valence-corrected chi connectivity index (χ2v) is 15.5. The molecule has 1 aliphatic carbocycles. The molecule has 1 aliphatic rings. The van der Waals surface area contributed by atoms with Gasteiger partial charge in [0, 0.05) is 60.5 Å². The molecule has 280 valence electrons. The van der Waals surface area contributed by atoms with E-state index in [1.807, 2.05) is 24.3 Å². The zero-order valence-electron chi connectivity index (χ0n) is 32.9. The predicted octanol–water partition coefficient (Wildman–Crippen LogP) is 14.9. The summed E-state index contributed by atoms with van der Waals surface area (Å²) in [4.78, 5) is 15.7. The molecule has 4 heterocycles. The normalized spacial score (nSPS) is 14.3. The highest BCUT2D eigenvalue weighted by Crippen LogP contribution is 2.43. The van der Waals surface area contributed by atoms with Crippen molar-refractivity contribution < 1.29 is 4.42 Å². The number of allylic oxidation sites excluding steroid dienone is 4. The summed E-state index contributed by atoms with van der Waals surface area (Å²) >= 11 is 0. The number of para-hydroxylation sites is 1. The third kappa shape index (κ3) is 6.04. The summed E-state index contributed by atoms with van der Waals surface area (Å²) in [6.45, 7) is 4.37. The second kappa shape index (κ2) is 14.2. The molecule has 0 bridgehead atoms. The van der Waals surface area contributed by atoms with Crippen molar-refractivity contribution in [1.29, 1.82) is 0 Å². The fourth-order valence-electron chi connectivity index (χ4n) is 8.74. The lowest BCUT2D eigenvalue weighted by Crippen LogP contribution is -2.06. The first-order chi connectivity index (χ1) is 29.1. The molecule has 6 aromatic carbocycles. The van der Waals surface area contributed by atoms with Crippen LogP contribution in [0.15, 0.2) is 174 Å². The summed E-state index contributed by atoms with van der Waals surface area (Å²) in [5.74, 6) is 0.309. The molecule has 0 radical (unpaired) electrons. The van der Waals surface area contributed by atoms with Gasteiger partial charge in [-0.15, -0.1) is 0 Å². The van der Waals surface area contributed by atoms with E-state index in [0.717, 1.165) is 117 Å². The van der Waals surface area contributed by atoms with Gasteiger partial charge in [0.05, 0.1) is 33.8 Å². The Balaban J connectivity index is 0.912. The smallest absolute Gasteiger partial charge is 0.143 e. The molecule has 1 atom stereocenters. The van der Waals surface area contributed by atoms with Crippen molar-refractivity contribution in [2.24, 2.45) is 0 Å². The monoisotopic (exact) mass is 757 g/mol. The first-order valence-electron chi connectivity index (χ1n) is 20.4. The van der Waals surface area contributed by atoms with E-state index in [1.165, 1.54) is 5.56 Å². The Morgan fingerprint density at radius 2 is 1.31 bits per heavy atom. The van der Waals surface area contributed by atoms with Crippen LogP contribution in [0, 0.1) is 0 Å². The number of hydrogen-bond acceptors (Lipinski definition) is 4. The van der Waals surface area contributed by atoms with Crippen LogP contribution in [0.2, 0.25) is 0 Å². The molecule has 1 unspecified atom stereocenters. The van der Waals surface area contributed by atoms with Crippen LogP contribution in [0.4, 0.5) is 0 Å². The highest BCUT2D eigenvalue weighted by molar-refractivity contribution is 6.19. The van der Waals surface area contributed by atoms with Gasteiger partial charge in [0.2, 0.25) is 0 Å². The molecule has 0 aliphatic heterocycles. The number of nitrogens with zero attached hydrogens (tertiary/aromatic N) is 3. The Kier molecular flexibility index (Phi) is 8.37. The number of fused-ring (bicyclic) bond motifs is 10. The molecule has 0 saturated heterocycles. The Hall–Kier alpha value is -7.43. The summed E-state index contributed by atoms with van der Waals surface area (Å²) in [5, 5.41) is 6.68. The van der Waals surface area contributed by atoms with Crippen LogP contribution >= 0.6 is 0 Å². The van der Waals surface area contributed by atoms with E-state index in [9.17, 15) is 0 Å². The van der Waals surface area contributed by atoms with Gasteiger partial charge in [-0.05, 0) is 60.4 Å². The number of rotatable bonds is 6. The van der Waals surface area contributed by atoms with Crippen LogP contribution in [-0.2, 0) is 0 Å². The van der Waals surface area contributed by atoms with E-state index < -0.39 is 0 Å². The largest absolute Gasteiger partial charge is 0.455 e. The maximum Gasteiger partial charge on any atom is 0.143 e. The molecule has 4 heteroatoms. The standard InChI is InChI=1S/C55H39N3O/c1-3-36(22-19-35-20-23-38(24-21-35)48-32-28-40-26-25-39-27-31-47(37-12-5-4-6-13-37)56-53(39)54(40)57-48)41-14-10-15-42(33-41)52-46-30-29-44-43-16-7-8-18-49(43)59-55(44)50(46)45-17-9-11-34(2)51(45)58-52/h3-10,12-34H,11H2,1-2H3/b22-19-,36-3+. The van der Waals surface area contributed by atoms with Gasteiger partial charge in [-0.25, -0.2) is 9.97 Å². The predicted molar refractivity (Wildman–Crippen MR) is 247 cm³/mol. The molecular formula is C55H39N3O. The summed E-state index contributed by atoms with van der Waals surface area (Å²) < 4.78 is 6.61. The minimum Gasteiger partial charge on any atom is -0.455 e. The minimum absolute atomic E-state index is 0.309. The first kappa shape index (κ1) is 34.8. The van der Waals surface area contributed by atoms with Gasteiger partial charge in [-0.1, -0.05) is 159 Å². The molecule has 0 fully saturated rings. The molecule has 11 rings (SSSR count). The quantitative estimate of drug-likeness (QED) is 0.125. The molecular weight excluding hydrogens is 719 g/mol. The lowest BCUT2D eigenvalue weighted by molar-refractivity contribution is 0.672. The van der Waals surface area contributed by atoms with Crippen LogP contribution < -0.4 is 0 Å². The zero-order valence-corrected chi connectivity index (χ0v) is 32.9. The number of benzene rings is 6. The Morgan fingerprint density at radius 3 is 2.07 bits per heavy atom. The van der Waals surface area contributed by atoms with Crippen LogP contribution in [-0.4, -0.2) is 15.0 Å². The van der Waals surface area contributed by atoms with Crippen molar-refractivity contribution in [2.45, 2.75) is 26.2 Å². The average Bonchev–Trinajstić information content (AvgIpc) is 3.68. The molecule has 0 N–H and O–H groups in total. The zero-order chi connectivity index (χ0) is 39.5. The SMILES string of the molecule is C/C=C(\C=C/c1ccc(-c2ccc3ccc4ccc(-c5ccccc5)nc4c3n2)cc1)c1cccc(-c2nc3c(c4c2ccc2c5ccccc5oc24)C=CCC3C)c1. The van der Waals surface area contributed by atoms with E-state index in [4.69, 9.17) is 19.4 Å². The molecule has 0 saturated carbocycles. The van der Waals surface area contributed by atoms with Gasteiger partial charge in [0.1, 0.15) is 11.2 Å². The minimum atomic E-state index is 0.309. The number of aromatic nitrogens is 3. The van der Waals surface area contributed by atoms with E-state index in [1.54, 1.807) is 0 Å². The van der Waals surface area contributed by atoms with Gasteiger partial charge in [0.25, 0.3) is 0 Å². The number of pyridine rings is 3. The lowest BCUT2D eigenvalue weighted by atomic mass is 9.87. The van der Waals surface area contributed by atoms with Gasteiger partial charge in [-0.2, -0.15) is 0 Å². The average molecular weight is 758 g/mol. The molecule has 4 aromatic heterocycles. The Bertz CT molecular complexity index is 3370. The molecule has 10 aromatic rings. The molecule has 0 spiro atoms. The van der Waals surface area contributed by atoms with Crippen molar-refractivity contribution in [2.75, 3.05) is 0 Å². The van der Waals surface area contributed by atoms with Crippen LogP contribution in [0.1, 0.15) is 48.6 Å². The fraction of sp³-hybridized carbons (Fsp3) is 0.0727. The van der Waals surface area contributed by atoms with Crippen LogP contribution in [0.25, 0.3) is 106 Å². The maximum atomic E-state index is 6.61. The molecule has 59 heavy (non-hydrogen) atoms. The second-order valence-electron chi connectivity index (χ2n) is 15.5. The summed E-state index contributed by atoms with van der Waals surface area (Å²) in [5.41, 5.74) is 15.5. The van der Waals surface area contributed by atoms with Crippen molar-refractivity contribution in [3.8, 4) is 33.8 Å². The Morgan fingerprint density at radius 1 is 0.627 bits per heavy atom. The maximum absolute atomic E-state index is 6.61. The van der Waals surface area contributed by atoms with Crippen molar-refractivity contribution in [1.82, 2.24) is 15.0 Å². The van der Waals surface area contributed by atoms with Gasteiger partial charge >= 0.3 is 0 Å². The van der Waals surface area contributed by atoms with Crippen molar-refractivity contribution in [3.63, 3.8) is 0 Å². The topological polar surface area (TPSA) is 51.8 Å². The summed E-state index contributed by atoms with van der Waals surface area (Å²) in [6, 6.07) is 53.2. The van der Waals surface area contributed by atoms with Crippen LogP contribution in [0.3, 0.4) is 0 Å². The van der Waals surface area contributed by atoms with Crippen LogP contribution in [0.5, 0.6) is 0 Å². The third-order valence-electron chi connectivity index (χ3n) is 11.9. The number of hydrogen-bond donors (Lipinski definition) is 0. The first-order valence-corrected chi connectivity index (χ1v) is 20.4. The van der Waals surface area contributed by atoms with E-state index in [-0.39, 0.29) is 0 Å². The van der Waals surface area contributed by atoms with Gasteiger partial charge < -0.3 is 4.42 Å². The highest BCUT2D eigenvalue weighted by Gasteiger charge is 2.24. The lowest BCUT2D eigenvalue weighted by Gasteiger charge is -2.21. The molecule has 0 amide bonds. The summed E-state index contributed by atoms with van der Waals surface area (Å²) in [7, 11) is 0. The molecule has 4 nitrogen and oxygen atoms in total. The number of furan rings is 1. The van der Waals surface area contributed by atoms with Gasteiger partial charge in [-0.3, -0.25) is 4.98 Å². The van der Waals surface area contributed by atoms with E-state index >= 15 is 0 Å². The summed E-state index contributed by atoms with van der Waals surface area (Å²) in [6.07, 6.45) is 12.0. The third-order valence-corrected chi connectivity index (χ3v) is 11.9.